The predicted molar refractivity (Wildman–Crippen MR) is 85.7 cm³/mol. The van der Waals surface area contributed by atoms with E-state index in [-0.39, 0.29) is 22.6 Å². The van der Waals surface area contributed by atoms with Crippen LogP contribution in [0.15, 0.2) is 18.2 Å². The number of hydrogen-bond acceptors (Lipinski definition) is 3. The van der Waals surface area contributed by atoms with Crippen LogP contribution in [-0.4, -0.2) is 17.7 Å². The van der Waals surface area contributed by atoms with Crippen molar-refractivity contribution in [2.24, 2.45) is 11.3 Å². The molecule has 1 saturated heterocycles. The van der Waals surface area contributed by atoms with Gasteiger partial charge in [0.1, 0.15) is 11.5 Å². The van der Waals surface area contributed by atoms with E-state index in [9.17, 15) is 9.59 Å². The van der Waals surface area contributed by atoms with Gasteiger partial charge in [0, 0.05) is 5.69 Å². The largest absolute Gasteiger partial charge is 0.301 e. The lowest BCUT2D eigenvalue weighted by atomic mass is 9.86. The molecule has 0 aromatic heterocycles. The van der Waals surface area contributed by atoms with E-state index < -0.39 is 11.5 Å². The fourth-order valence-electron chi connectivity index (χ4n) is 2.78. The third-order valence-electron chi connectivity index (χ3n) is 4.03. The number of amides is 1. The molecule has 4 nitrogen and oxygen atoms in total. The normalized spacial score (nSPS) is 20.6. The van der Waals surface area contributed by atoms with E-state index in [1.54, 1.807) is 32.0 Å². The van der Waals surface area contributed by atoms with Crippen molar-refractivity contribution in [2.75, 3.05) is 4.90 Å². The first-order valence-corrected chi connectivity index (χ1v) is 7.65. The summed E-state index contributed by atoms with van der Waals surface area (Å²) < 4.78 is 0. The number of hydrogen-bond donors (Lipinski definition) is 0. The lowest BCUT2D eigenvalue weighted by molar-refractivity contribution is -0.132. The zero-order chi connectivity index (χ0) is 16.7. The molecular formula is C17H19ClN2O2. The molecule has 1 fully saturated rings. The summed E-state index contributed by atoms with van der Waals surface area (Å²) in [4.78, 5) is 26.8. The van der Waals surface area contributed by atoms with Gasteiger partial charge in [0.25, 0.3) is 0 Å². The van der Waals surface area contributed by atoms with Gasteiger partial charge in [0.15, 0.2) is 5.78 Å². The van der Waals surface area contributed by atoms with Gasteiger partial charge in [-0.2, -0.15) is 5.26 Å². The van der Waals surface area contributed by atoms with Gasteiger partial charge in [-0.1, -0.05) is 25.4 Å². The molecule has 116 valence electrons. The van der Waals surface area contributed by atoms with E-state index in [1.807, 2.05) is 19.9 Å². The average molecular weight is 319 g/mol. The first-order valence-electron chi connectivity index (χ1n) is 7.27. The number of nitriles is 1. The number of nitrogens with zero attached hydrogens (tertiary/aromatic N) is 2. The molecule has 0 N–H and O–H groups in total. The summed E-state index contributed by atoms with van der Waals surface area (Å²) in [5.41, 5.74) is -0.110. The lowest BCUT2D eigenvalue weighted by Crippen LogP contribution is -2.36. The number of carbonyl (C=O) groups excluding carboxylic acids is 2. The molecule has 1 amide bonds. The molecule has 1 atom stereocenters. The summed E-state index contributed by atoms with van der Waals surface area (Å²) in [6.45, 7) is 7.37. The van der Waals surface area contributed by atoms with E-state index in [1.165, 1.54) is 4.90 Å². The zero-order valence-electron chi connectivity index (χ0n) is 13.2. The second-order valence-corrected chi connectivity index (χ2v) is 6.99. The summed E-state index contributed by atoms with van der Waals surface area (Å²) in [7, 11) is 0. The average Bonchev–Trinajstić information content (AvgIpc) is 2.60. The third kappa shape index (κ3) is 2.62. The van der Waals surface area contributed by atoms with Crippen molar-refractivity contribution < 1.29 is 9.59 Å². The van der Waals surface area contributed by atoms with Crippen LogP contribution < -0.4 is 4.90 Å². The van der Waals surface area contributed by atoms with Gasteiger partial charge in [0.05, 0.1) is 16.6 Å². The molecule has 0 radical (unpaired) electrons. The van der Waals surface area contributed by atoms with Crippen LogP contribution in [0.2, 0.25) is 5.02 Å². The van der Waals surface area contributed by atoms with Gasteiger partial charge in [-0.3, -0.25) is 9.59 Å². The SMILES string of the molecule is CC(C)CC1C(=O)C(C)(C)C(=O)N1c1ccc(C#N)c(Cl)c1. The molecule has 1 heterocycles. The highest BCUT2D eigenvalue weighted by Crippen LogP contribution is 2.39. The number of anilines is 1. The van der Waals surface area contributed by atoms with E-state index in [0.29, 0.717) is 17.7 Å². The minimum absolute atomic E-state index is 0.0633. The number of carbonyl (C=O) groups is 2. The second kappa shape index (κ2) is 5.73. The smallest absolute Gasteiger partial charge is 0.240 e. The Labute approximate surface area is 135 Å². The standard InChI is InChI=1S/C17H19ClN2O2/c1-10(2)7-14-15(21)17(3,4)16(22)20(14)12-6-5-11(9-19)13(18)8-12/h5-6,8,10,14H,7H2,1-4H3. The highest BCUT2D eigenvalue weighted by Gasteiger charge is 2.53. The van der Waals surface area contributed by atoms with Crippen molar-refractivity contribution in [2.45, 2.75) is 40.2 Å². The Hall–Kier alpha value is -1.86. The van der Waals surface area contributed by atoms with Crippen LogP contribution in [0.5, 0.6) is 0 Å². The molecule has 2 rings (SSSR count). The summed E-state index contributed by atoms with van der Waals surface area (Å²) in [6.07, 6.45) is 0.603. The molecule has 5 heteroatoms. The molecule has 1 unspecified atom stereocenters. The highest BCUT2D eigenvalue weighted by molar-refractivity contribution is 6.32. The number of ketones is 1. The van der Waals surface area contributed by atoms with Gasteiger partial charge in [0.2, 0.25) is 5.91 Å². The summed E-state index contributed by atoms with van der Waals surface area (Å²) >= 11 is 6.07. The van der Waals surface area contributed by atoms with Crippen LogP contribution in [0, 0.1) is 22.7 Å². The lowest BCUT2D eigenvalue weighted by Gasteiger charge is -2.25. The molecule has 0 spiro atoms. The zero-order valence-corrected chi connectivity index (χ0v) is 13.9. The minimum atomic E-state index is -1.03. The Balaban J connectivity index is 2.50. The number of halogens is 1. The van der Waals surface area contributed by atoms with Gasteiger partial charge >= 0.3 is 0 Å². The highest BCUT2D eigenvalue weighted by atomic mass is 35.5. The second-order valence-electron chi connectivity index (χ2n) is 6.59. The number of benzene rings is 1. The van der Waals surface area contributed by atoms with E-state index in [4.69, 9.17) is 16.9 Å². The van der Waals surface area contributed by atoms with Gasteiger partial charge < -0.3 is 4.90 Å². The molecule has 1 aliphatic heterocycles. The Kier molecular flexibility index (Phi) is 4.30. The van der Waals surface area contributed by atoms with Crippen molar-refractivity contribution in [1.82, 2.24) is 0 Å². The first kappa shape index (κ1) is 16.5. The maximum atomic E-state index is 12.7. The number of rotatable bonds is 3. The summed E-state index contributed by atoms with van der Waals surface area (Å²) in [6, 6.07) is 6.34. The topological polar surface area (TPSA) is 61.2 Å². The van der Waals surface area contributed by atoms with E-state index >= 15 is 0 Å². The molecule has 1 aromatic rings. The van der Waals surface area contributed by atoms with Gasteiger partial charge in [-0.15, -0.1) is 0 Å². The van der Waals surface area contributed by atoms with Crippen LogP contribution >= 0.6 is 11.6 Å². The van der Waals surface area contributed by atoms with Crippen molar-refractivity contribution in [3.05, 3.63) is 28.8 Å². The summed E-state index contributed by atoms with van der Waals surface area (Å²) in [5, 5.41) is 9.24. The van der Waals surface area contributed by atoms with Crippen LogP contribution in [0.4, 0.5) is 5.69 Å². The monoisotopic (exact) mass is 318 g/mol. The Morgan fingerprint density at radius 1 is 1.36 bits per heavy atom. The van der Waals surface area contributed by atoms with Crippen molar-refractivity contribution >= 4 is 29.0 Å². The molecular weight excluding hydrogens is 300 g/mol. The molecule has 0 bridgehead atoms. The Bertz CT molecular complexity index is 674. The van der Waals surface area contributed by atoms with Crippen LogP contribution in [0.3, 0.4) is 0 Å². The predicted octanol–water partition coefficient (Wildman–Crippen LogP) is 3.57. The van der Waals surface area contributed by atoms with Crippen molar-refractivity contribution in [1.29, 1.82) is 5.26 Å². The molecule has 1 aliphatic rings. The summed E-state index contributed by atoms with van der Waals surface area (Å²) in [5.74, 6) is 0.00242. The molecule has 22 heavy (non-hydrogen) atoms. The van der Waals surface area contributed by atoms with Crippen LogP contribution in [0.25, 0.3) is 0 Å². The third-order valence-corrected chi connectivity index (χ3v) is 4.34. The maximum Gasteiger partial charge on any atom is 0.240 e. The van der Waals surface area contributed by atoms with Crippen molar-refractivity contribution in [3.63, 3.8) is 0 Å². The van der Waals surface area contributed by atoms with Crippen LogP contribution in [0.1, 0.15) is 39.7 Å². The number of Topliss-reactive ketones (excluding diaryl/α,β-unsaturated/α-hetero) is 1. The van der Waals surface area contributed by atoms with Gasteiger partial charge in [-0.25, -0.2) is 0 Å². The fourth-order valence-corrected chi connectivity index (χ4v) is 3.00. The van der Waals surface area contributed by atoms with Crippen molar-refractivity contribution in [3.8, 4) is 6.07 Å². The molecule has 0 aliphatic carbocycles. The van der Waals surface area contributed by atoms with Crippen LogP contribution in [-0.2, 0) is 9.59 Å². The Morgan fingerprint density at radius 3 is 2.50 bits per heavy atom. The quantitative estimate of drug-likeness (QED) is 0.800. The molecule has 0 saturated carbocycles. The van der Waals surface area contributed by atoms with E-state index in [0.717, 1.165) is 0 Å². The maximum absolute atomic E-state index is 12.7. The first-order chi connectivity index (χ1) is 10.2. The Morgan fingerprint density at radius 2 is 2.00 bits per heavy atom. The van der Waals surface area contributed by atoms with Gasteiger partial charge in [-0.05, 0) is 44.4 Å². The van der Waals surface area contributed by atoms with E-state index in [2.05, 4.69) is 0 Å². The fraction of sp³-hybridized carbons (Fsp3) is 0.471. The molecule has 1 aromatic carbocycles. The minimum Gasteiger partial charge on any atom is -0.301 e.